The largest absolute Gasteiger partial charge is 0.497 e. The lowest BCUT2D eigenvalue weighted by atomic mass is 10.2. The molecule has 0 bridgehead atoms. The molecule has 0 radical (unpaired) electrons. The standard InChI is InChI=1S/C19H28N6OS.HI/c1-4-17-22-19(27-23-17)25-11-9-24(10-12-25)18(20-5-2)21-14-15-7-6-8-16(13-15)26-3;/h6-8,13H,4-5,9-12,14H2,1-3H3,(H,20,21);1H. The molecule has 1 aromatic carbocycles. The van der Waals surface area contributed by atoms with Gasteiger partial charge in [-0.25, -0.2) is 9.98 Å². The van der Waals surface area contributed by atoms with Crippen molar-refractivity contribution in [2.75, 3.05) is 44.7 Å². The molecule has 0 aliphatic carbocycles. The van der Waals surface area contributed by atoms with Crippen molar-refractivity contribution < 1.29 is 4.74 Å². The Morgan fingerprint density at radius 1 is 1.25 bits per heavy atom. The molecule has 1 aliphatic rings. The molecule has 1 saturated heterocycles. The second-order valence-corrected chi connectivity index (χ2v) is 7.07. The summed E-state index contributed by atoms with van der Waals surface area (Å²) < 4.78 is 9.70. The summed E-state index contributed by atoms with van der Waals surface area (Å²) in [4.78, 5) is 14.1. The van der Waals surface area contributed by atoms with Crippen molar-refractivity contribution in [3.8, 4) is 5.75 Å². The molecular weight excluding hydrogens is 487 g/mol. The van der Waals surface area contributed by atoms with Crippen LogP contribution in [0.15, 0.2) is 29.3 Å². The molecule has 0 spiro atoms. The Labute approximate surface area is 188 Å². The Bertz CT molecular complexity index is 760. The van der Waals surface area contributed by atoms with Gasteiger partial charge in [0.2, 0.25) is 5.13 Å². The summed E-state index contributed by atoms with van der Waals surface area (Å²) in [5, 5.41) is 4.45. The van der Waals surface area contributed by atoms with Crippen LogP contribution in [0, 0.1) is 0 Å². The molecule has 7 nitrogen and oxygen atoms in total. The summed E-state index contributed by atoms with van der Waals surface area (Å²) in [6.45, 7) is 9.39. The maximum Gasteiger partial charge on any atom is 0.205 e. The first-order valence-electron chi connectivity index (χ1n) is 9.47. The third kappa shape index (κ3) is 5.94. The van der Waals surface area contributed by atoms with Crippen molar-refractivity contribution in [2.24, 2.45) is 4.99 Å². The fourth-order valence-corrected chi connectivity index (χ4v) is 3.79. The van der Waals surface area contributed by atoms with Crippen LogP contribution in [0.5, 0.6) is 5.75 Å². The highest BCUT2D eigenvalue weighted by atomic mass is 127. The fourth-order valence-electron chi connectivity index (χ4n) is 2.99. The Kier molecular flexibility index (Phi) is 9.23. The predicted molar refractivity (Wildman–Crippen MR) is 126 cm³/mol. The third-order valence-electron chi connectivity index (χ3n) is 4.50. The summed E-state index contributed by atoms with van der Waals surface area (Å²) in [5.74, 6) is 2.77. The van der Waals surface area contributed by atoms with E-state index in [0.717, 1.165) is 67.4 Å². The normalized spacial score (nSPS) is 14.6. The molecule has 1 N–H and O–H groups in total. The van der Waals surface area contributed by atoms with Gasteiger partial charge in [0.25, 0.3) is 0 Å². The van der Waals surface area contributed by atoms with Crippen molar-refractivity contribution >= 4 is 46.6 Å². The minimum absolute atomic E-state index is 0. The van der Waals surface area contributed by atoms with Gasteiger partial charge in [0, 0.05) is 50.7 Å². The van der Waals surface area contributed by atoms with E-state index in [1.54, 1.807) is 7.11 Å². The summed E-state index contributed by atoms with van der Waals surface area (Å²) in [7, 11) is 1.69. The maximum absolute atomic E-state index is 5.30. The number of aryl methyl sites for hydroxylation is 1. The molecular formula is C19H29IN6OS. The fraction of sp³-hybridized carbons (Fsp3) is 0.526. The zero-order valence-electron chi connectivity index (χ0n) is 16.7. The van der Waals surface area contributed by atoms with Crippen LogP contribution in [-0.4, -0.2) is 60.1 Å². The first kappa shape index (κ1) is 22.7. The van der Waals surface area contributed by atoms with Crippen LogP contribution in [0.25, 0.3) is 0 Å². The number of ether oxygens (including phenoxy) is 1. The molecule has 2 heterocycles. The second kappa shape index (κ2) is 11.4. The van der Waals surface area contributed by atoms with E-state index in [1.807, 2.05) is 18.2 Å². The molecule has 1 aromatic heterocycles. The number of methoxy groups -OCH3 is 1. The van der Waals surface area contributed by atoms with E-state index in [4.69, 9.17) is 9.73 Å². The first-order valence-corrected chi connectivity index (χ1v) is 10.2. The number of nitrogens with zero attached hydrogens (tertiary/aromatic N) is 5. The minimum atomic E-state index is 0. The van der Waals surface area contributed by atoms with E-state index in [9.17, 15) is 0 Å². The number of aliphatic imine (C=N–C) groups is 1. The number of hydrogen-bond acceptors (Lipinski definition) is 6. The quantitative estimate of drug-likeness (QED) is 0.362. The summed E-state index contributed by atoms with van der Waals surface area (Å²) >= 11 is 1.50. The Balaban J connectivity index is 0.00000280. The molecule has 0 atom stereocenters. The van der Waals surface area contributed by atoms with Crippen molar-refractivity contribution in [1.82, 2.24) is 19.6 Å². The van der Waals surface area contributed by atoms with Gasteiger partial charge in [0.05, 0.1) is 13.7 Å². The lowest BCUT2D eigenvalue weighted by molar-refractivity contribution is 0.372. The molecule has 9 heteroatoms. The number of piperazine rings is 1. The van der Waals surface area contributed by atoms with E-state index in [0.29, 0.717) is 6.54 Å². The summed E-state index contributed by atoms with van der Waals surface area (Å²) in [6.07, 6.45) is 0.887. The van der Waals surface area contributed by atoms with Crippen LogP contribution in [0.1, 0.15) is 25.2 Å². The van der Waals surface area contributed by atoms with Crippen molar-refractivity contribution in [2.45, 2.75) is 26.8 Å². The van der Waals surface area contributed by atoms with Gasteiger partial charge in [-0.1, -0.05) is 19.1 Å². The molecule has 1 fully saturated rings. The Morgan fingerprint density at radius 2 is 2.04 bits per heavy atom. The number of guanidine groups is 1. The SMILES string of the molecule is CCNC(=NCc1cccc(OC)c1)N1CCN(c2nc(CC)ns2)CC1.I. The van der Waals surface area contributed by atoms with Gasteiger partial charge in [0.15, 0.2) is 5.96 Å². The molecule has 0 unspecified atom stereocenters. The van der Waals surface area contributed by atoms with Crippen LogP contribution < -0.4 is 15.0 Å². The minimum Gasteiger partial charge on any atom is -0.497 e. The predicted octanol–water partition coefficient (Wildman–Crippen LogP) is 3.01. The van der Waals surface area contributed by atoms with E-state index < -0.39 is 0 Å². The highest BCUT2D eigenvalue weighted by molar-refractivity contribution is 14.0. The van der Waals surface area contributed by atoms with Gasteiger partial charge in [-0.2, -0.15) is 4.37 Å². The van der Waals surface area contributed by atoms with Crippen LogP contribution in [-0.2, 0) is 13.0 Å². The van der Waals surface area contributed by atoms with Gasteiger partial charge >= 0.3 is 0 Å². The molecule has 2 aromatic rings. The van der Waals surface area contributed by atoms with Gasteiger partial charge < -0.3 is 19.9 Å². The molecule has 0 amide bonds. The number of benzene rings is 1. The van der Waals surface area contributed by atoms with Gasteiger partial charge in [-0.3, -0.25) is 0 Å². The lowest BCUT2D eigenvalue weighted by Gasteiger charge is -2.36. The number of rotatable bonds is 6. The van der Waals surface area contributed by atoms with E-state index in [2.05, 4.69) is 44.4 Å². The number of aromatic nitrogens is 2. The Morgan fingerprint density at radius 3 is 2.68 bits per heavy atom. The van der Waals surface area contributed by atoms with E-state index in [1.165, 1.54) is 11.5 Å². The second-order valence-electron chi connectivity index (χ2n) is 6.34. The maximum atomic E-state index is 5.30. The average molecular weight is 516 g/mol. The lowest BCUT2D eigenvalue weighted by Crippen LogP contribution is -2.52. The zero-order chi connectivity index (χ0) is 19.1. The van der Waals surface area contributed by atoms with Gasteiger partial charge in [-0.15, -0.1) is 24.0 Å². The van der Waals surface area contributed by atoms with Crippen LogP contribution in [0.3, 0.4) is 0 Å². The number of halogens is 1. The average Bonchev–Trinajstić information content (AvgIpc) is 3.21. The Hall–Kier alpha value is -1.62. The van der Waals surface area contributed by atoms with Crippen molar-refractivity contribution in [3.05, 3.63) is 35.7 Å². The van der Waals surface area contributed by atoms with Crippen molar-refractivity contribution in [3.63, 3.8) is 0 Å². The molecule has 154 valence electrons. The van der Waals surface area contributed by atoms with Crippen LogP contribution in [0.2, 0.25) is 0 Å². The number of hydrogen-bond donors (Lipinski definition) is 1. The topological polar surface area (TPSA) is 65.9 Å². The van der Waals surface area contributed by atoms with Crippen LogP contribution in [0.4, 0.5) is 5.13 Å². The van der Waals surface area contributed by atoms with Crippen LogP contribution >= 0.6 is 35.5 Å². The first-order chi connectivity index (χ1) is 13.2. The number of anilines is 1. The van der Waals surface area contributed by atoms with Gasteiger partial charge in [-0.05, 0) is 24.6 Å². The number of nitrogens with one attached hydrogen (secondary N) is 1. The van der Waals surface area contributed by atoms with E-state index in [-0.39, 0.29) is 24.0 Å². The zero-order valence-corrected chi connectivity index (χ0v) is 19.9. The van der Waals surface area contributed by atoms with Crippen molar-refractivity contribution in [1.29, 1.82) is 0 Å². The smallest absolute Gasteiger partial charge is 0.205 e. The highest BCUT2D eigenvalue weighted by Gasteiger charge is 2.22. The summed E-state index contributed by atoms with van der Waals surface area (Å²) in [6, 6.07) is 8.07. The third-order valence-corrected chi connectivity index (χ3v) is 5.32. The molecule has 28 heavy (non-hydrogen) atoms. The molecule has 0 saturated carbocycles. The van der Waals surface area contributed by atoms with Gasteiger partial charge in [0.1, 0.15) is 11.6 Å². The summed E-state index contributed by atoms with van der Waals surface area (Å²) in [5.41, 5.74) is 1.14. The highest BCUT2D eigenvalue weighted by Crippen LogP contribution is 2.19. The molecule has 1 aliphatic heterocycles. The molecule has 3 rings (SSSR count). The van der Waals surface area contributed by atoms with E-state index >= 15 is 0 Å². The monoisotopic (exact) mass is 516 g/mol.